The first kappa shape index (κ1) is 14.8. The van der Waals surface area contributed by atoms with Gasteiger partial charge in [-0.1, -0.05) is 11.6 Å². The predicted molar refractivity (Wildman–Crippen MR) is 79.7 cm³/mol. The Morgan fingerprint density at radius 3 is 2.62 bits per heavy atom. The summed E-state index contributed by atoms with van der Waals surface area (Å²) in [4.78, 5) is 11.8. The lowest BCUT2D eigenvalue weighted by Crippen LogP contribution is -2.22. The molecule has 0 atom stereocenters. The number of nitriles is 1. The van der Waals surface area contributed by atoms with E-state index in [0.29, 0.717) is 22.0 Å². The highest BCUT2D eigenvalue weighted by Crippen LogP contribution is 2.20. The second-order valence-corrected chi connectivity index (χ2v) is 4.65. The fourth-order valence-corrected chi connectivity index (χ4v) is 1.85. The summed E-state index contributed by atoms with van der Waals surface area (Å²) in [5.41, 5.74) is 1.38. The zero-order valence-corrected chi connectivity index (χ0v) is 11.6. The second-order valence-electron chi connectivity index (χ2n) is 4.21. The van der Waals surface area contributed by atoms with Crippen LogP contribution < -0.4 is 10.6 Å². The van der Waals surface area contributed by atoms with Gasteiger partial charge in [0.1, 0.15) is 11.9 Å². The largest absolute Gasteiger partial charge is 0.375 e. The molecule has 0 heterocycles. The molecule has 6 heteroatoms. The number of benzene rings is 2. The maximum absolute atomic E-state index is 12.7. The van der Waals surface area contributed by atoms with E-state index < -0.39 is 0 Å². The summed E-state index contributed by atoms with van der Waals surface area (Å²) < 4.78 is 12.7. The molecule has 0 spiro atoms. The van der Waals surface area contributed by atoms with Crippen LogP contribution >= 0.6 is 11.6 Å². The Balaban J connectivity index is 1.97. The highest BCUT2D eigenvalue weighted by atomic mass is 35.5. The van der Waals surface area contributed by atoms with Gasteiger partial charge in [0.2, 0.25) is 5.91 Å². The number of rotatable bonds is 4. The van der Waals surface area contributed by atoms with Gasteiger partial charge >= 0.3 is 0 Å². The van der Waals surface area contributed by atoms with Crippen molar-refractivity contribution in [3.63, 3.8) is 0 Å². The number of halogens is 2. The number of anilines is 2. The Morgan fingerprint density at radius 2 is 1.95 bits per heavy atom. The van der Waals surface area contributed by atoms with Crippen molar-refractivity contribution < 1.29 is 9.18 Å². The number of hydrogen-bond donors (Lipinski definition) is 2. The Labute approximate surface area is 126 Å². The highest BCUT2D eigenvalue weighted by molar-refractivity contribution is 6.30. The maximum atomic E-state index is 12.7. The maximum Gasteiger partial charge on any atom is 0.243 e. The Bertz CT molecular complexity index is 695. The molecule has 0 fully saturated rings. The van der Waals surface area contributed by atoms with Crippen LogP contribution in [-0.2, 0) is 4.79 Å². The van der Waals surface area contributed by atoms with Crippen molar-refractivity contribution in [2.24, 2.45) is 0 Å². The average molecular weight is 304 g/mol. The standard InChI is InChI=1S/C15H11ClFN3O/c16-11-2-1-10(8-18)14(7-11)19-9-15(21)20-13-5-3-12(17)4-6-13/h1-7,19H,9H2,(H,20,21). The first-order valence-corrected chi connectivity index (χ1v) is 6.45. The molecule has 106 valence electrons. The van der Waals surface area contributed by atoms with E-state index >= 15 is 0 Å². The van der Waals surface area contributed by atoms with Crippen LogP contribution in [0.2, 0.25) is 5.02 Å². The topological polar surface area (TPSA) is 64.9 Å². The van der Waals surface area contributed by atoms with Crippen LogP contribution in [0.5, 0.6) is 0 Å². The molecule has 0 aliphatic rings. The summed E-state index contributed by atoms with van der Waals surface area (Å²) >= 11 is 5.85. The van der Waals surface area contributed by atoms with Gasteiger partial charge in [-0.3, -0.25) is 4.79 Å². The predicted octanol–water partition coefficient (Wildman–Crippen LogP) is 3.40. The summed E-state index contributed by atoms with van der Waals surface area (Å²) in [7, 11) is 0. The molecule has 2 N–H and O–H groups in total. The summed E-state index contributed by atoms with van der Waals surface area (Å²) in [6, 6.07) is 12.2. The van der Waals surface area contributed by atoms with Gasteiger partial charge in [0.25, 0.3) is 0 Å². The summed E-state index contributed by atoms with van der Waals surface area (Å²) in [5, 5.41) is 14.9. The molecule has 4 nitrogen and oxygen atoms in total. The SMILES string of the molecule is N#Cc1ccc(Cl)cc1NCC(=O)Nc1ccc(F)cc1. The fourth-order valence-electron chi connectivity index (χ4n) is 1.67. The van der Waals surface area contributed by atoms with Gasteiger partial charge in [0.05, 0.1) is 17.8 Å². The zero-order chi connectivity index (χ0) is 15.2. The molecule has 2 aromatic rings. The lowest BCUT2D eigenvalue weighted by atomic mass is 10.2. The van der Waals surface area contributed by atoms with Crippen molar-refractivity contribution in [1.29, 1.82) is 5.26 Å². The number of nitrogens with one attached hydrogen (secondary N) is 2. The van der Waals surface area contributed by atoms with Gasteiger partial charge in [0, 0.05) is 10.7 Å². The third-order valence-corrected chi connectivity index (χ3v) is 2.90. The minimum atomic E-state index is -0.372. The van der Waals surface area contributed by atoms with Crippen LogP contribution in [0.4, 0.5) is 15.8 Å². The van der Waals surface area contributed by atoms with Crippen molar-refractivity contribution in [1.82, 2.24) is 0 Å². The Morgan fingerprint density at radius 1 is 1.24 bits per heavy atom. The minimum absolute atomic E-state index is 0.0353. The van der Waals surface area contributed by atoms with Crippen LogP contribution in [0.15, 0.2) is 42.5 Å². The molecule has 0 bridgehead atoms. The first-order chi connectivity index (χ1) is 10.1. The van der Waals surface area contributed by atoms with Gasteiger partial charge in [-0.05, 0) is 42.5 Å². The fraction of sp³-hybridized carbons (Fsp3) is 0.0667. The number of amides is 1. The Hall–Kier alpha value is -2.58. The highest BCUT2D eigenvalue weighted by Gasteiger charge is 2.06. The molecule has 1 amide bonds. The van der Waals surface area contributed by atoms with Crippen LogP contribution in [0, 0.1) is 17.1 Å². The van der Waals surface area contributed by atoms with Crippen molar-refractivity contribution in [3.8, 4) is 6.07 Å². The summed E-state index contributed by atoms with van der Waals surface area (Å²) in [5.74, 6) is -0.686. The van der Waals surface area contributed by atoms with E-state index in [4.69, 9.17) is 16.9 Å². The van der Waals surface area contributed by atoms with Crippen molar-refractivity contribution >= 4 is 28.9 Å². The van der Waals surface area contributed by atoms with Crippen molar-refractivity contribution in [2.45, 2.75) is 0 Å². The van der Waals surface area contributed by atoms with Crippen molar-refractivity contribution in [2.75, 3.05) is 17.2 Å². The van der Waals surface area contributed by atoms with Gasteiger partial charge in [0.15, 0.2) is 0 Å². The van der Waals surface area contributed by atoms with E-state index in [1.54, 1.807) is 18.2 Å². The van der Waals surface area contributed by atoms with Crippen LogP contribution in [0.3, 0.4) is 0 Å². The van der Waals surface area contributed by atoms with Gasteiger partial charge < -0.3 is 10.6 Å². The Kier molecular flexibility index (Phi) is 4.75. The molecule has 2 aromatic carbocycles. The van der Waals surface area contributed by atoms with Crippen LogP contribution in [0.25, 0.3) is 0 Å². The molecule has 0 saturated carbocycles. The van der Waals surface area contributed by atoms with Gasteiger partial charge in [-0.25, -0.2) is 4.39 Å². The first-order valence-electron chi connectivity index (χ1n) is 6.07. The lowest BCUT2D eigenvalue weighted by molar-refractivity contribution is -0.114. The van der Waals surface area contributed by atoms with E-state index in [2.05, 4.69) is 10.6 Å². The summed E-state index contributed by atoms with van der Waals surface area (Å²) in [6.07, 6.45) is 0. The molecule has 21 heavy (non-hydrogen) atoms. The molecule has 0 radical (unpaired) electrons. The molecule has 0 aliphatic heterocycles. The molecule has 0 aromatic heterocycles. The average Bonchev–Trinajstić information content (AvgIpc) is 2.48. The minimum Gasteiger partial charge on any atom is -0.375 e. The third kappa shape index (κ3) is 4.20. The third-order valence-electron chi connectivity index (χ3n) is 2.67. The molecule has 0 unspecified atom stereocenters. The lowest BCUT2D eigenvalue weighted by Gasteiger charge is -2.09. The number of carbonyl (C=O) groups excluding carboxylic acids is 1. The second kappa shape index (κ2) is 6.73. The van der Waals surface area contributed by atoms with E-state index in [1.807, 2.05) is 6.07 Å². The normalized spacial score (nSPS) is 9.76. The monoisotopic (exact) mass is 303 g/mol. The summed E-state index contributed by atoms with van der Waals surface area (Å²) in [6.45, 7) is -0.0353. The van der Waals surface area contributed by atoms with Gasteiger partial charge in [-0.15, -0.1) is 0 Å². The molecular formula is C15H11ClFN3O. The molecule has 0 saturated heterocycles. The molecule has 2 rings (SSSR count). The van der Waals surface area contributed by atoms with E-state index in [-0.39, 0.29) is 18.3 Å². The van der Waals surface area contributed by atoms with E-state index in [1.165, 1.54) is 24.3 Å². The quantitative estimate of drug-likeness (QED) is 0.910. The smallest absolute Gasteiger partial charge is 0.243 e. The van der Waals surface area contributed by atoms with Crippen molar-refractivity contribution in [3.05, 3.63) is 58.9 Å². The molecular weight excluding hydrogens is 293 g/mol. The van der Waals surface area contributed by atoms with Crippen LogP contribution in [-0.4, -0.2) is 12.5 Å². The zero-order valence-electron chi connectivity index (χ0n) is 10.9. The van der Waals surface area contributed by atoms with E-state index in [0.717, 1.165) is 0 Å². The number of carbonyl (C=O) groups is 1. The van der Waals surface area contributed by atoms with Crippen LogP contribution in [0.1, 0.15) is 5.56 Å². The number of nitrogens with zero attached hydrogens (tertiary/aromatic N) is 1. The van der Waals surface area contributed by atoms with E-state index in [9.17, 15) is 9.18 Å². The molecule has 0 aliphatic carbocycles. The number of hydrogen-bond acceptors (Lipinski definition) is 3. The van der Waals surface area contributed by atoms with Gasteiger partial charge in [-0.2, -0.15) is 5.26 Å².